The number of nitrogens with zero attached hydrogens (tertiary/aromatic N) is 1. The van der Waals surface area contributed by atoms with Crippen LogP contribution in [0.4, 0.5) is 0 Å². The van der Waals surface area contributed by atoms with Crippen LogP contribution in [0, 0.1) is 0 Å². The fourth-order valence-corrected chi connectivity index (χ4v) is 4.16. The van der Waals surface area contributed by atoms with Crippen LogP contribution in [-0.4, -0.2) is 46.0 Å². The zero-order valence-corrected chi connectivity index (χ0v) is 13.3. The summed E-state index contributed by atoms with van der Waals surface area (Å²) < 4.78 is 0. The highest BCUT2D eigenvalue weighted by molar-refractivity contribution is 7.99. The topological polar surface area (TPSA) is 57.6 Å². The maximum absolute atomic E-state index is 12.7. The molecule has 0 bridgehead atoms. The summed E-state index contributed by atoms with van der Waals surface area (Å²) in [6, 6.07) is 7.71. The molecule has 1 unspecified atom stereocenters. The highest BCUT2D eigenvalue weighted by atomic mass is 32.2. The van der Waals surface area contributed by atoms with Gasteiger partial charge in [0.2, 0.25) is 0 Å². The molecule has 1 heterocycles. The number of hydrogen-bond acceptors (Lipinski definition) is 3. The molecule has 1 aliphatic heterocycles. The molecule has 3 rings (SSSR count). The van der Waals surface area contributed by atoms with Crippen LogP contribution < -0.4 is 0 Å². The van der Waals surface area contributed by atoms with Gasteiger partial charge in [0.05, 0.1) is 12.5 Å². The van der Waals surface area contributed by atoms with Crippen LogP contribution in [-0.2, 0) is 4.79 Å². The highest BCUT2D eigenvalue weighted by Gasteiger charge is 2.29. The molecule has 1 amide bonds. The number of rotatable bonds is 4. The zero-order chi connectivity index (χ0) is 15.5. The fraction of sp³-hybridized carbons (Fsp3) is 0.529. The van der Waals surface area contributed by atoms with Gasteiger partial charge in [0, 0.05) is 23.6 Å². The predicted molar refractivity (Wildman–Crippen MR) is 87.4 cm³/mol. The monoisotopic (exact) mass is 319 g/mol. The van der Waals surface area contributed by atoms with E-state index >= 15 is 0 Å². The van der Waals surface area contributed by atoms with E-state index in [2.05, 4.69) is 12.1 Å². The van der Waals surface area contributed by atoms with Crippen molar-refractivity contribution in [2.45, 2.75) is 37.6 Å². The number of hydrogen-bond donors (Lipinski definition) is 1. The van der Waals surface area contributed by atoms with Crippen LogP contribution in [0.5, 0.6) is 0 Å². The number of carbonyl (C=O) groups excluding carboxylic acids is 1. The highest BCUT2D eigenvalue weighted by Crippen LogP contribution is 2.36. The standard InChI is InChI=1S/C17H21NO3S/c19-16(20)10-15-11-22-9-8-18(15)17(21)14-6-4-13(5-7-14)12-2-1-3-12/h4-7,12,15H,1-3,8-11H2,(H,19,20). The summed E-state index contributed by atoms with van der Waals surface area (Å²) in [6.45, 7) is 0.631. The Morgan fingerprint density at radius 1 is 1.23 bits per heavy atom. The molecule has 22 heavy (non-hydrogen) atoms. The van der Waals surface area contributed by atoms with Crippen molar-refractivity contribution < 1.29 is 14.7 Å². The van der Waals surface area contributed by atoms with E-state index < -0.39 is 5.97 Å². The van der Waals surface area contributed by atoms with Gasteiger partial charge in [0.1, 0.15) is 0 Å². The first-order valence-corrected chi connectivity index (χ1v) is 9.01. The minimum Gasteiger partial charge on any atom is -0.481 e. The predicted octanol–water partition coefficient (Wildman–Crippen LogP) is 2.99. The van der Waals surface area contributed by atoms with Gasteiger partial charge >= 0.3 is 5.97 Å². The van der Waals surface area contributed by atoms with Crippen molar-refractivity contribution in [3.8, 4) is 0 Å². The van der Waals surface area contributed by atoms with Crippen molar-refractivity contribution in [1.29, 1.82) is 0 Å². The van der Waals surface area contributed by atoms with E-state index in [1.165, 1.54) is 24.8 Å². The molecule has 2 aliphatic rings. The molecule has 118 valence electrons. The molecule has 1 atom stereocenters. The molecule has 0 aromatic heterocycles. The first kappa shape index (κ1) is 15.4. The number of carbonyl (C=O) groups is 2. The Bertz CT molecular complexity index is 554. The van der Waals surface area contributed by atoms with Gasteiger partial charge in [-0.05, 0) is 36.5 Å². The minimum absolute atomic E-state index is 0.0267. The summed E-state index contributed by atoms with van der Waals surface area (Å²) in [4.78, 5) is 25.4. The van der Waals surface area contributed by atoms with Crippen molar-refractivity contribution in [1.82, 2.24) is 4.90 Å². The molecule has 1 aromatic carbocycles. The Labute approximate surface area is 134 Å². The molecule has 1 aliphatic carbocycles. The van der Waals surface area contributed by atoms with E-state index in [1.807, 2.05) is 12.1 Å². The summed E-state index contributed by atoms with van der Waals surface area (Å²) >= 11 is 1.72. The van der Waals surface area contributed by atoms with Gasteiger partial charge in [-0.3, -0.25) is 9.59 Å². The van der Waals surface area contributed by atoms with Gasteiger partial charge in [-0.25, -0.2) is 0 Å². The van der Waals surface area contributed by atoms with Crippen molar-refractivity contribution in [3.63, 3.8) is 0 Å². The van der Waals surface area contributed by atoms with Crippen LogP contribution in [0.3, 0.4) is 0 Å². The third-order valence-corrected chi connectivity index (χ3v) is 5.72. The molecule has 1 saturated heterocycles. The molecule has 5 heteroatoms. The van der Waals surface area contributed by atoms with Gasteiger partial charge in [-0.2, -0.15) is 11.8 Å². The smallest absolute Gasteiger partial charge is 0.305 e. The van der Waals surface area contributed by atoms with Crippen LogP contribution >= 0.6 is 11.8 Å². The van der Waals surface area contributed by atoms with Crippen molar-refractivity contribution in [3.05, 3.63) is 35.4 Å². The molecule has 1 aromatic rings. The molecule has 1 saturated carbocycles. The number of amides is 1. The van der Waals surface area contributed by atoms with Crippen molar-refractivity contribution in [2.75, 3.05) is 18.1 Å². The Morgan fingerprint density at radius 3 is 2.55 bits per heavy atom. The SMILES string of the molecule is O=C(O)CC1CSCCN1C(=O)c1ccc(C2CCC2)cc1. The normalized spacial score (nSPS) is 22.2. The summed E-state index contributed by atoms with van der Waals surface area (Å²) in [7, 11) is 0. The van der Waals surface area contributed by atoms with Crippen molar-refractivity contribution >= 4 is 23.6 Å². The van der Waals surface area contributed by atoms with Gasteiger partial charge in [0.15, 0.2) is 0 Å². The lowest BCUT2D eigenvalue weighted by atomic mass is 9.80. The first-order valence-electron chi connectivity index (χ1n) is 7.85. The van der Waals surface area contributed by atoms with E-state index in [0.29, 0.717) is 23.8 Å². The molecule has 2 fully saturated rings. The van der Waals surface area contributed by atoms with Gasteiger partial charge in [-0.1, -0.05) is 18.6 Å². The van der Waals surface area contributed by atoms with Crippen molar-refractivity contribution in [2.24, 2.45) is 0 Å². The maximum Gasteiger partial charge on any atom is 0.305 e. The van der Waals surface area contributed by atoms with E-state index in [-0.39, 0.29) is 18.4 Å². The zero-order valence-electron chi connectivity index (χ0n) is 12.5. The van der Waals surface area contributed by atoms with E-state index in [0.717, 1.165) is 5.75 Å². The minimum atomic E-state index is -0.842. The molecule has 0 spiro atoms. The second-order valence-electron chi connectivity index (χ2n) is 6.07. The molecule has 4 nitrogen and oxygen atoms in total. The van der Waals surface area contributed by atoms with Crippen LogP contribution in [0.25, 0.3) is 0 Å². The average Bonchev–Trinajstić information content (AvgIpc) is 2.45. The lowest BCUT2D eigenvalue weighted by molar-refractivity contribution is -0.138. The van der Waals surface area contributed by atoms with Crippen LogP contribution in [0.15, 0.2) is 24.3 Å². The number of benzene rings is 1. The number of aliphatic carboxylic acids is 1. The lowest BCUT2D eigenvalue weighted by Gasteiger charge is -2.34. The summed E-state index contributed by atoms with van der Waals surface area (Å²) in [5, 5.41) is 9.02. The quantitative estimate of drug-likeness (QED) is 0.927. The third-order valence-electron chi connectivity index (χ3n) is 4.63. The van der Waals surface area contributed by atoms with Crippen LogP contribution in [0.1, 0.15) is 47.5 Å². The second-order valence-corrected chi connectivity index (χ2v) is 7.22. The summed E-state index contributed by atoms with van der Waals surface area (Å²) in [5.74, 6) is 1.37. The largest absolute Gasteiger partial charge is 0.481 e. The second kappa shape index (κ2) is 6.73. The number of carboxylic acid groups (broad SMARTS) is 1. The molecule has 1 N–H and O–H groups in total. The van der Waals surface area contributed by atoms with Gasteiger partial charge < -0.3 is 10.0 Å². The fourth-order valence-electron chi connectivity index (χ4n) is 3.10. The first-order chi connectivity index (χ1) is 10.6. The number of carboxylic acids is 1. The Hall–Kier alpha value is -1.49. The number of thioether (sulfide) groups is 1. The van der Waals surface area contributed by atoms with Gasteiger partial charge in [-0.15, -0.1) is 0 Å². The Morgan fingerprint density at radius 2 is 1.95 bits per heavy atom. The Kier molecular flexibility index (Phi) is 4.71. The molecule has 0 radical (unpaired) electrons. The van der Waals surface area contributed by atoms with E-state index in [1.54, 1.807) is 16.7 Å². The Balaban J connectivity index is 1.71. The van der Waals surface area contributed by atoms with Gasteiger partial charge in [0.25, 0.3) is 5.91 Å². The maximum atomic E-state index is 12.7. The summed E-state index contributed by atoms with van der Waals surface area (Å²) in [5.41, 5.74) is 1.99. The van der Waals surface area contributed by atoms with E-state index in [9.17, 15) is 9.59 Å². The van der Waals surface area contributed by atoms with Crippen LogP contribution in [0.2, 0.25) is 0 Å². The third kappa shape index (κ3) is 3.29. The van der Waals surface area contributed by atoms with E-state index in [4.69, 9.17) is 5.11 Å². The summed E-state index contributed by atoms with van der Waals surface area (Å²) in [6.07, 6.45) is 3.82. The lowest BCUT2D eigenvalue weighted by Crippen LogP contribution is -2.47. The average molecular weight is 319 g/mol. The molecular formula is C17H21NO3S. The molecular weight excluding hydrogens is 298 g/mol.